The molecule has 1 aromatic heterocycles. The van der Waals surface area contributed by atoms with Gasteiger partial charge in [0.05, 0.1) is 6.33 Å². The van der Waals surface area contributed by atoms with Crippen molar-refractivity contribution in [2.24, 2.45) is 0 Å². The van der Waals surface area contributed by atoms with Crippen LogP contribution in [0.1, 0.15) is 12.0 Å². The van der Waals surface area contributed by atoms with Crippen LogP contribution >= 0.6 is 23.4 Å². The van der Waals surface area contributed by atoms with Crippen LogP contribution in [0, 0.1) is 0 Å². The zero-order valence-electron chi connectivity index (χ0n) is 13.6. The first kappa shape index (κ1) is 17.6. The Hall–Kier alpha value is -2.24. The highest BCUT2D eigenvalue weighted by atomic mass is 35.5. The summed E-state index contributed by atoms with van der Waals surface area (Å²) < 4.78 is 1.94. The Kier molecular flexibility index (Phi) is 6.14. The van der Waals surface area contributed by atoms with E-state index < -0.39 is 0 Å². The smallest absolute Gasteiger partial charge is 0.221 e. The highest BCUT2D eigenvalue weighted by Gasteiger charge is 2.03. The molecule has 0 aliphatic heterocycles. The third-order valence-electron chi connectivity index (χ3n) is 3.64. The summed E-state index contributed by atoms with van der Waals surface area (Å²) in [6.07, 6.45) is 5.89. The van der Waals surface area contributed by atoms with Gasteiger partial charge in [-0.2, -0.15) is 0 Å². The Morgan fingerprint density at radius 2 is 1.88 bits per heavy atom. The second-order valence-electron chi connectivity index (χ2n) is 5.47. The number of hydrogen-bond acceptors (Lipinski definition) is 3. The predicted octanol–water partition coefficient (Wildman–Crippen LogP) is 4.32. The van der Waals surface area contributed by atoms with E-state index in [1.165, 1.54) is 0 Å². The zero-order chi connectivity index (χ0) is 17.5. The number of carbonyl (C=O) groups excluding carboxylic acids is 1. The number of amides is 1. The first-order chi connectivity index (χ1) is 12.2. The van der Waals surface area contributed by atoms with Gasteiger partial charge in [-0.3, -0.25) is 4.79 Å². The molecule has 2 aromatic carbocycles. The average Bonchev–Trinajstić information content (AvgIpc) is 3.17. The van der Waals surface area contributed by atoms with E-state index in [0.717, 1.165) is 26.9 Å². The number of rotatable bonds is 7. The van der Waals surface area contributed by atoms with Gasteiger partial charge in [0.15, 0.2) is 0 Å². The summed E-state index contributed by atoms with van der Waals surface area (Å²) in [7, 11) is 0. The van der Waals surface area contributed by atoms with Gasteiger partial charge >= 0.3 is 0 Å². The van der Waals surface area contributed by atoms with Crippen molar-refractivity contribution in [2.45, 2.75) is 17.9 Å². The maximum absolute atomic E-state index is 12.0. The van der Waals surface area contributed by atoms with Crippen LogP contribution in [0.3, 0.4) is 0 Å². The van der Waals surface area contributed by atoms with Gasteiger partial charge < -0.3 is 9.88 Å². The van der Waals surface area contributed by atoms with E-state index in [4.69, 9.17) is 11.6 Å². The normalized spacial score (nSPS) is 10.6. The Labute approximate surface area is 156 Å². The number of hydrogen-bond donors (Lipinski definition) is 1. The van der Waals surface area contributed by atoms with Crippen molar-refractivity contribution >= 4 is 29.3 Å². The topological polar surface area (TPSA) is 46.9 Å². The lowest BCUT2D eigenvalue weighted by Gasteiger charge is -2.07. The van der Waals surface area contributed by atoms with E-state index in [-0.39, 0.29) is 5.91 Å². The molecule has 6 heteroatoms. The number of nitrogens with zero attached hydrogens (tertiary/aromatic N) is 2. The molecule has 3 rings (SSSR count). The largest absolute Gasteiger partial charge is 0.352 e. The van der Waals surface area contributed by atoms with Crippen molar-refractivity contribution in [3.8, 4) is 5.69 Å². The summed E-state index contributed by atoms with van der Waals surface area (Å²) in [5.74, 6) is 0.799. The van der Waals surface area contributed by atoms with Crippen molar-refractivity contribution in [1.29, 1.82) is 0 Å². The van der Waals surface area contributed by atoms with E-state index in [1.807, 2.05) is 59.3 Å². The molecule has 0 spiro atoms. The SMILES string of the molecule is O=C(CCSc1ccc(Cl)cc1)NCc1ccc(-n2ccnc2)cc1. The van der Waals surface area contributed by atoms with Crippen LogP contribution in [0.5, 0.6) is 0 Å². The molecule has 0 saturated carbocycles. The molecule has 25 heavy (non-hydrogen) atoms. The maximum atomic E-state index is 12.0. The van der Waals surface area contributed by atoms with E-state index >= 15 is 0 Å². The lowest BCUT2D eigenvalue weighted by molar-refractivity contribution is -0.120. The molecule has 0 bridgehead atoms. The van der Waals surface area contributed by atoms with E-state index in [0.29, 0.717) is 13.0 Å². The van der Waals surface area contributed by atoms with Crippen LogP contribution < -0.4 is 5.32 Å². The van der Waals surface area contributed by atoms with Gasteiger partial charge in [-0.05, 0) is 42.0 Å². The summed E-state index contributed by atoms with van der Waals surface area (Å²) in [5, 5.41) is 3.68. The summed E-state index contributed by atoms with van der Waals surface area (Å²) in [6.45, 7) is 0.536. The van der Waals surface area contributed by atoms with E-state index in [1.54, 1.807) is 24.3 Å². The first-order valence-corrected chi connectivity index (χ1v) is 9.29. The number of thioether (sulfide) groups is 1. The van der Waals surface area contributed by atoms with Crippen molar-refractivity contribution < 1.29 is 4.79 Å². The fourth-order valence-electron chi connectivity index (χ4n) is 2.28. The molecule has 1 N–H and O–H groups in total. The van der Waals surface area contributed by atoms with Gasteiger partial charge in [-0.25, -0.2) is 4.98 Å². The zero-order valence-corrected chi connectivity index (χ0v) is 15.1. The summed E-state index contributed by atoms with van der Waals surface area (Å²) in [4.78, 5) is 17.1. The average molecular weight is 372 g/mol. The molecule has 0 atom stereocenters. The highest BCUT2D eigenvalue weighted by Crippen LogP contribution is 2.20. The van der Waals surface area contributed by atoms with Gasteiger partial charge in [0.2, 0.25) is 5.91 Å². The molecule has 0 aliphatic rings. The summed E-state index contributed by atoms with van der Waals surface area (Å²) in [6, 6.07) is 15.7. The quantitative estimate of drug-likeness (QED) is 0.629. The minimum absolute atomic E-state index is 0.0557. The van der Waals surface area contributed by atoms with Gasteiger partial charge in [0.25, 0.3) is 0 Å². The van der Waals surface area contributed by atoms with Gasteiger partial charge in [-0.15, -0.1) is 11.8 Å². The number of benzene rings is 2. The molecule has 0 saturated heterocycles. The van der Waals surface area contributed by atoms with Crippen molar-refractivity contribution in [3.05, 3.63) is 77.8 Å². The molecule has 1 heterocycles. The molecular formula is C19H18ClN3OS. The standard InChI is InChI=1S/C19H18ClN3OS/c20-16-3-7-18(8-4-16)25-12-9-19(24)22-13-15-1-5-17(6-2-15)23-11-10-21-14-23/h1-8,10-11,14H,9,12-13H2,(H,22,24). The van der Waals surface area contributed by atoms with E-state index in [9.17, 15) is 4.79 Å². The van der Waals surface area contributed by atoms with Crippen molar-refractivity contribution in [1.82, 2.24) is 14.9 Å². The molecule has 0 radical (unpaired) electrons. The summed E-state index contributed by atoms with van der Waals surface area (Å²) >= 11 is 7.51. The van der Waals surface area contributed by atoms with Gasteiger partial charge in [0.1, 0.15) is 0 Å². The summed E-state index contributed by atoms with van der Waals surface area (Å²) in [5.41, 5.74) is 2.12. The molecular weight excluding hydrogens is 354 g/mol. The Morgan fingerprint density at radius 1 is 1.12 bits per heavy atom. The second kappa shape index (κ2) is 8.74. The first-order valence-electron chi connectivity index (χ1n) is 7.93. The number of aromatic nitrogens is 2. The molecule has 1 amide bonds. The lowest BCUT2D eigenvalue weighted by atomic mass is 10.2. The van der Waals surface area contributed by atoms with Crippen LogP contribution in [0.2, 0.25) is 5.02 Å². The van der Waals surface area contributed by atoms with E-state index in [2.05, 4.69) is 10.3 Å². The van der Waals surface area contributed by atoms with Crippen molar-refractivity contribution in [2.75, 3.05) is 5.75 Å². The van der Waals surface area contributed by atoms with Gasteiger partial charge in [0, 0.05) is 46.7 Å². The molecule has 0 aliphatic carbocycles. The fraction of sp³-hybridized carbons (Fsp3) is 0.158. The molecule has 3 aromatic rings. The monoisotopic (exact) mass is 371 g/mol. The minimum atomic E-state index is 0.0557. The molecule has 0 unspecified atom stereocenters. The third kappa shape index (κ3) is 5.37. The minimum Gasteiger partial charge on any atom is -0.352 e. The highest BCUT2D eigenvalue weighted by molar-refractivity contribution is 7.99. The lowest BCUT2D eigenvalue weighted by Crippen LogP contribution is -2.22. The predicted molar refractivity (Wildman–Crippen MR) is 102 cm³/mol. The molecule has 128 valence electrons. The fourth-order valence-corrected chi connectivity index (χ4v) is 3.26. The van der Waals surface area contributed by atoms with Crippen LogP contribution in [0.15, 0.2) is 72.1 Å². The number of carbonyl (C=O) groups is 1. The van der Waals surface area contributed by atoms with Crippen LogP contribution in [0.4, 0.5) is 0 Å². The number of nitrogens with one attached hydrogen (secondary N) is 1. The Bertz CT molecular complexity index is 802. The van der Waals surface area contributed by atoms with Gasteiger partial charge in [-0.1, -0.05) is 23.7 Å². The second-order valence-corrected chi connectivity index (χ2v) is 7.07. The van der Waals surface area contributed by atoms with Crippen LogP contribution in [-0.4, -0.2) is 21.2 Å². The third-order valence-corrected chi connectivity index (χ3v) is 4.91. The van der Waals surface area contributed by atoms with Crippen LogP contribution in [0.25, 0.3) is 5.69 Å². The molecule has 4 nitrogen and oxygen atoms in total. The molecule has 0 fully saturated rings. The van der Waals surface area contributed by atoms with Crippen LogP contribution in [-0.2, 0) is 11.3 Å². The maximum Gasteiger partial charge on any atom is 0.221 e. The number of imidazole rings is 1. The Morgan fingerprint density at radius 3 is 2.56 bits per heavy atom. The number of halogens is 1. The Balaban J connectivity index is 1.40. The van der Waals surface area contributed by atoms with Crippen molar-refractivity contribution in [3.63, 3.8) is 0 Å².